The Labute approximate surface area is 130 Å². The number of piperidine rings is 2. The summed E-state index contributed by atoms with van der Waals surface area (Å²) < 4.78 is 1.78. The van der Waals surface area contributed by atoms with Crippen LogP contribution in [0, 0.1) is 0 Å². The number of hydrogen-bond acceptors (Lipinski definition) is 3. The molecule has 3 heterocycles. The molecule has 2 fully saturated rings. The summed E-state index contributed by atoms with van der Waals surface area (Å²) in [5, 5.41) is 12.2. The zero-order chi connectivity index (χ0) is 15.1. The van der Waals surface area contributed by atoms with Crippen LogP contribution in [0.4, 0.5) is 0 Å². The molecule has 0 spiro atoms. The molecule has 116 valence electrons. The van der Waals surface area contributed by atoms with Crippen molar-refractivity contribution in [2.45, 2.75) is 50.2 Å². The molecule has 4 rings (SSSR count). The van der Waals surface area contributed by atoms with Crippen molar-refractivity contribution >= 4 is 16.8 Å². The van der Waals surface area contributed by atoms with E-state index in [-0.39, 0.29) is 11.9 Å². The summed E-state index contributed by atoms with van der Waals surface area (Å²) in [6.07, 6.45) is 5.85. The first-order chi connectivity index (χ1) is 10.7. The van der Waals surface area contributed by atoms with E-state index in [0.717, 1.165) is 23.7 Å². The van der Waals surface area contributed by atoms with Gasteiger partial charge in [0.1, 0.15) is 0 Å². The molecule has 5 heteroatoms. The second kappa shape index (κ2) is 5.39. The smallest absolute Gasteiger partial charge is 0.272 e. The third-order valence-electron chi connectivity index (χ3n) is 5.02. The fourth-order valence-corrected chi connectivity index (χ4v) is 4.02. The fourth-order valence-electron chi connectivity index (χ4n) is 4.02. The molecule has 2 aromatic rings. The normalized spacial score (nSPS) is 27.8. The number of benzene rings is 1. The molecule has 2 aliphatic rings. The third kappa shape index (κ3) is 2.39. The molecule has 1 unspecified atom stereocenters. The Morgan fingerprint density at radius 3 is 2.77 bits per heavy atom. The van der Waals surface area contributed by atoms with E-state index in [0.29, 0.717) is 17.8 Å². The van der Waals surface area contributed by atoms with Crippen molar-refractivity contribution in [2.75, 3.05) is 0 Å². The maximum Gasteiger partial charge on any atom is 0.272 e. The van der Waals surface area contributed by atoms with Crippen molar-refractivity contribution in [2.24, 2.45) is 7.05 Å². The Bertz CT molecular complexity index is 696. The second-order valence-corrected chi connectivity index (χ2v) is 6.62. The van der Waals surface area contributed by atoms with Crippen LogP contribution < -0.4 is 10.6 Å². The lowest BCUT2D eigenvalue weighted by atomic mass is 9.84. The van der Waals surface area contributed by atoms with Gasteiger partial charge in [0.2, 0.25) is 0 Å². The maximum atomic E-state index is 12.7. The van der Waals surface area contributed by atoms with Gasteiger partial charge in [-0.05, 0) is 31.7 Å². The van der Waals surface area contributed by atoms with E-state index in [1.165, 1.54) is 19.3 Å². The number of aromatic nitrogens is 2. The van der Waals surface area contributed by atoms with Crippen LogP contribution in [0.25, 0.3) is 10.9 Å². The molecule has 1 amide bonds. The molecular formula is C17H22N4O. The van der Waals surface area contributed by atoms with Gasteiger partial charge in [-0.15, -0.1) is 0 Å². The van der Waals surface area contributed by atoms with Gasteiger partial charge in [-0.1, -0.05) is 24.6 Å². The highest BCUT2D eigenvalue weighted by molar-refractivity contribution is 6.04. The van der Waals surface area contributed by atoms with Gasteiger partial charge in [0.25, 0.3) is 5.91 Å². The summed E-state index contributed by atoms with van der Waals surface area (Å²) >= 11 is 0. The highest BCUT2D eigenvalue weighted by Gasteiger charge is 2.32. The summed E-state index contributed by atoms with van der Waals surface area (Å²) in [6, 6.07) is 9.29. The predicted molar refractivity (Wildman–Crippen MR) is 85.8 cm³/mol. The SMILES string of the molecule is Cn1nc(C(=O)NC2C[C@H]3CCC[C@@H](C2)N3)c2ccccc21. The number of amides is 1. The number of aryl methyl sites for hydroxylation is 1. The van der Waals surface area contributed by atoms with E-state index >= 15 is 0 Å². The average Bonchev–Trinajstić information content (AvgIpc) is 2.85. The summed E-state index contributed by atoms with van der Waals surface area (Å²) in [5.41, 5.74) is 1.54. The summed E-state index contributed by atoms with van der Waals surface area (Å²) in [4.78, 5) is 12.7. The van der Waals surface area contributed by atoms with Crippen LogP contribution in [0.2, 0.25) is 0 Å². The van der Waals surface area contributed by atoms with Crippen molar-refractivity contribution in [3.63, 3.8) is 0 Å². The topological polar surface area (TPSA) is 59.0 Å². The molecule has 2 aliphatic heterocycles. The fraction of sp³-hybridized carbons (Fsp3) is 0.529. The molecular weight excluding hydrogens is 276 g/mol. The first kappa shape index (κ1) is 13.8. The zero-order valence-corrected chi connectivity index (χ0v) is 12.9. The number of hydrogen-bond donors (Lipinski definition) is 2. The highest BCUT2D eigenvalue weighted by atomic mass is 16.2. The molecule has 3 atom stereocenters. The van der Waals surface area contributed by atoms with Gasteiger partial charge < -0.3 is 10.6 Å². The highest BCUT2D eigenvalue weighted by Crippen LogP contribution is 2.26. The number of nitrogens with zero attached hydrogens (tertiary/aromatic N) is 2. The van der Waals surface area contributed by atoms with Crippen LogP contribution in [-0.4, -0.2) is 33.8 Å². The molecule has 5 nitrogen and oxygen atoms in total. The summed E-state index contributed by atoms with van der Waals surface area (Å²) in [6.45, 7) is 0. The van der Waals surface area contributed by atoms with Crippen molar-refractivity contribution < 1.29 is 4.79 Å². The zero-order valence-electron chi connectivity index (χ0n) is 12.9. The van der Waals surface area contributed by atoms with Gasteiger partial charge in [0.15, 0.2) is 5.69 Å². The standard InChI is InChI=1S/C17H22N4O/c1-21-15-8-3-2-7-14(15)16(20-21)17(22)19-13-9-11-5-4-6-12(10-13)18-11/h2-3,7-8,11-13,18H,4-6,9-10H2,1H3,(H,19,22)/t11-,12+,13?. The molecule has 2 saturated heterocycles. The van der Waals surface area contributed by atoms with Crippen molar-refractivity contribution in [3.05, 3.63) is 30.0 Å². The molecule has 0 saturated carbocycles. The van der Waals surface area contributed by atoms with Gasteiger partial charge in [-0.3, -0.25) is 9.48 Å². The Balaban J connectivity index is 1.54. The van der Waals surface area contributed by atoms with Crippen LogP contribution in [0.1, 0.15) is 42.6 Å². The van der Waals surface area contributed by atoms with Crippen LogP contribution in [-0.2, 0) is 7.05 Å². The van der Waals surface area contributed by atoms with Gasteiger partial charge >= 0.3 is 0 Å². The number of nitrogens with one attached hydrogen (secondary N) is 2. The minimum atomic E-state index is -0.0400. The van der Waals surface area contributed by atoms with Crippen LogP contribution in [0.3, 0.4) is 0 Å². The molecule has 2 N–H and O–H groups in total. The minimum Gasteiger partial charge on any atom is -0.348 e. The number of rotatable bonds is 2. The minimum absolute atomic E-state index is 0.0400. The first-order valence-corrected chi connectivity index (χ1v) is 8.19. The molecule has 1 aromatic heterocycles. The van der Waals surface area contributed by atoms with Gasteiger partial charge in [0, 0.05) is 30.6 Å². The molecule has 1 aromatic carbocycles. The third-order valence-corrected chi connectivity index (χ3v) is 5.02. The van der Waals surface area contributed by atoms with E-state index < -0.39 is 0 Å². The van der Waals surface area contributed by atoms with E-state index in [9.17, 15) is 4.79 Å². The molecule has 0 aliphatic carbocycles. The molecule has 22 heavy (non-hydrogen) atoms. The van der Waals surface area contributed by atoms with Crippen molar-refractivity contribution in [1.29, 1.82) is 0 Å². The Hall–Kier alpha value is -1.88. The lowest BCUT2D eigenvalue weighted by Crippen LogP contribution is -2.54. The van der Waals surface area contributed by atoms with Crippen LogP contribution in [0.15, 0.2) is 24.3 Å². The quantitative estimate of drug-likeness (QED) is 0.891. The van der Waals surface area contributed by atoms with E-state index in [4.69, 9.17) is 0 Å². The van der Waals surface area contributed by atoms with E-state index in [1.807, 2.05) is 31.3 Å². The number of carbonyl (C=O) groups is 1. The van der Waals surface area contributed by atoms with Gasteiger partial charge in [-0.2, -0.15) is 5.10 Å². The Kier molecular flexibility index (Phi) is 3.37. The van der Waals surface area contributed by atoms with Crippen LogP contribution >= 0.6 is 0 Å². The number of carbonyl (C=O) groups excluding carboxylic acids is 1. The van der Waals surface area contributed by atoms with E-state index in [1.54, 1.807) is 4.68 Å². The lowest BCUT2D eigenvalue weighted by molar-refractivity contribution is 0.0903. The monoisotopic (exact) mass is 298 g/mol. The average molecular weight is 298 g/mol. The first-order valence-electron chi connectivity index (χ1n) is 8.19. The number of para-hydroxylation sites is 1. The Morgan fingerprint density at radius 2 is 2.00 bits per heavy atom. The van der Waals surface area contributed by atoms with Crippen molar-refractivity contribution in [3.8, 4) is 0 Å². The maximum absolute atomic E-state index is 12.7. The predicted octanol–water partition coefficient (Wildman–Crippen LogP) is 1.98. The molecule has 2 bridgehead atoms. The second-order valence-electron chi connectivity index (χ2n) is 6.62. The largest absolute Gasteiger partial charge is 0.348 e. The van der Waals surface area contributed by atoms with Crippen molar-refractivity contribution in [1.82, 2.24) is 20.4 Å². The van der Waals surface area contributed by atoms with Gasteiger partial charge in [-0.25, -0.2) is 0 Å². The van der Waals surface area contributed by atoms with E-state index in [2.05, 4.69) is 15.7 Å². The van der Waals surface area contributed by atoms with Crippen LogP contribution in [0.5, 0.6) is 0 Å². The summed E-state index contributed by atoms with van der Waals surface area (Å²) in [5.74, 6) is -0.0400. The Morgan fingerprint density at radius 1 is 1.27 bits per heavy atom. The van der Waals surface area contributed by atoms with Gasteiger partial charge in [0.05, 0.1) is 5.52 Å². The lowest BCUT2D eigenvalue weighted by Gasteiger charge is -2.40. The number of fused-ring (bicyclic) bond motifs is 3. The molecule has 0 radical (unpaired) electrons. The summed E-state index contributed by atoms with van der Waals surface area (Å²) in [7, 11) is 1.88.